The van der Waals surface area contributed by atoms with E-state index in [1.54, 1.807) is 4.68 Å². The molecule has 1 N–H and O–H groups in total. The lowest BCUT2D eigenvalue weighted by Gasteiger charge is -2.41. The molecule has 3 aromatic rings. The number of carbonyl (C=O) groups excluding carboxylic acids is 2. The summed E-state index contributed by atoms with van der Waals surface area (Å²) < 4.78 is 7.81. The number of piperidine rings is 1. The van der Waals surface area contributed by atoms with E-state index in [0.29, 0.717) is 38.1 Å². The van der Waals surface area contributed by atoms with E-state index in [9.17, 15) is 9.59 Å². The zero-order valence-corrected chi connectivity index (χ0v) is 22.3. The highest BCUT2D eigenvalue weighted by molar-refractivity contribution is 6.06. The van der Waals surface area contributed by atoms with Gasteiger partial charge in [0.1, 0.15) is 12.4 Å². The smallest absolute Gasteiger partial charge is 0.254 e. The van der Waals surface area contributed by atoms with Crippen LogP contribution in [0.15, 0.2) is 30.3 Å². The molecule has 0 saturated carbocycles. The number of carbonyl (C=O) groups is 2. The van der Waals surface area contributed by atoms with Crippen LogP contribution >= 0.6 is 0 Å². The first-order chi connectivity index (χ1) is 17.8. The van der Waals surface area contributed by atoms with Crippen molar-refractivity contribution in [1.29, 1.82) is 0 Å². The number of nitrogens with one attached hydrogen (secondary N) is 1. The van der Waals surface area contributed by atoms with Gasteiger partial charge in [0, 0.05) is 25.8 Å². The Bertz CT molecular complexity index is 1320. The van der Waals surface area contributed by atoms with Gasteiger partial charge in [-0.2, -0.15) is 5.10 Å². The molecule has 196 valence electrons. The van der Waals surface area contributed by atoms with Crippen molar-refractivity contribution in [1.82, 2.24) is 25.0 Å². The molecular weight excluding hydrogens is 466 g/mol. The van der Waals surface area contributed by atoms with Crippen molar-refractivity contribution in [3.63, 3.8) is 0 Å². The summed E-state index contributed by atoms with van der Waals surface area (Å²) in [4.78, 5) is 33.8. The van der Waals surface area contributed by atoms with Crippen molar-refractivity contribution in [2.45, 2.75) is 65.3 Å². The third kappa shape index (κ3) is 4.93. The molecule has 2 aromatic heterocycles. The van der Waals surface area contributed by atoms with E-state index in [2.05, 4.69) is 27.5 Å². The molecule has 1 atom stereocenters. The Kier molecular flexibility index (Phi) is 6.92. The highest BCUT2D eigenvalue weighted by atomic mass is 16.5. The van der Waals surface area contributed by atoms with Crippen molar-refractivity contribution in [2.24, 2.45) is 12.5 Å². The molecule has 0 radical (unpaired) electrons. The predicted molar refractivity (Wildman–Crippen MR) is 143 cm³/mol. The number of para-hydroxylation sites is 1. The van der Waals surface area contributed by atoms with Gasteiger partial charge < -0.3 is 15.0 Å². The summed E-state index contributed by atoms with van der Waals surface area (Å²) in [5, 5.41) is 8.53. The van der Waals surface area contributed by atoms with E-state index in [-0.39, 0.29) is 17.9 Å². The second-order valence-corrected chi connectivity index (χ2v) is 10.8. The molecule has 1 fully saturated rings. The standard InChI is InChI=1S/C29H37N5O3/c1-19-17-23(25-21(3)32-33(4)26(25)30-19)27(35)34-15-13-29(14-16-34)12-8-7-10-22-9-5-6-11-24(22)37-18-20(2)31-28(29)36/h5-6,9,11,17,20H,7-8,10,12-16,18H2,1-4H3,(H,31,36)/t20-/m1/s1. The Balaban J connectivity index is 1.33. The SMILES string of the molecule is Cc1cc(C(=O)N2CCC3(CCCCc4ccccc4OC[C@@H](C)NC3=O)CC2)c2c(C)nn(C)c2n1. The van der Waals surface area contributed by atoms with Crippen molar-refractivity contribution in [3.8, 4) is 5.75 Å². The molecule has 1 saturated heterocycles. The van der Waals surface area contributed by atoms with Gasteiger partial charge in [-0.25, -0.2) is 4.98 Å². The molecule has 1 aromatic carbocycles. The van der Waals surface area contributed by atoms with Crippen LogP contribution in [0.5, 0.6) is 5.75 Å². The predicted octanol–water partition coefficient (Wildman–Crippen LogP) is 4.12. The maximum absolute atomic E-state index is 13.7. The number of amides is 2. The van der Waals surface area contributed by atoms with E-state index in [1.807, 2.05) is 50.9 Å². The Morgan fingerprint density at radius 1 is 1.14 bits per heavy atom. The zero-order chi connectivity index (χ0) is 26.2. The lowest BCUT2D eigenvalue weighted by atomic mass is 9.73. The molecule has 2 amide bonds. The van der Waals surface area contributed by atoms with E-state index in [4.69, 9.17) is 4.74 Å². The number of benzene rings is 1. The third-order valence-electron chi connectivity index (χ3n) is 8.01. The fourth-order valence-electron chi connectivity index (χ4n) is 5.90. The minimum absolute atomic E-state index is 0.00612. The molecule has 37 heavy (non-hydrogen) atoms. The van der Waals surface area contributed by atoms with Gasteiger partial charge in [-0.3, -0.25) is 14.3 Å². The van der Waals surface area contributed by atoms with Gasteiger partial charge in [0.25, 0.3) is 5.91 Å². The first-order valence-electron chi connectivity index (χ1n) is 13.4. The Morgan fingerprint density at radius 3 is 2.68 bits per heavy atom. The van der Waals surface area contributed by atoms with Crippen LogP contribution < -0.4 is 10.1 Å². The molecule has 5 rings (SSSR count). The first-order valence-corrected chi connectivity index (χ1v) is 13.4. The number of likely N-dealkylation sites (tertiary alicyclic amines) is 1. The van der Waals surface area contributed by atoms with Gasteiger partial charge in [-0.1, -0.05) is 24.6 Å². The van der Waals surface area contributed by atoms with E-state index in [1.165, 1.54) is 5.56 Å². The number of aromatic nitrogens is 3. The van der Waals surface area contributed by atoms with Crippen LogP contribution in [0.4, 0.5) is 0 Å². The van der Waals surface area contributed by atoms with Crippen LogP contribution in [0.25, 0.3) is 11.0 Å². The van der Waals surface area contributed by atoms with Gasteiger partial charge in [0.2, 0.25) is 5.91 Å². The molecule has 4 heterocycles. The summed E-state index contributed by atoms with van der Waals surface area (Å²) in [6.07, 6.45) is 5.05. The second-order valence-electron chi connectivity index (χ2n) is 10.8. The third-order valence-corrected chi connectivity index (χ3v) is 8.01. The van der Waals surface area contributed by atoms with Gasteiger partial charge in [-0.05, 0) is 70.6 Å². The van der Waals surface area contributed by atoms with Crippen LogP contribution in [0.3, 0.4) is 0 Å². The fraction of sp³-hybridized carbons (Fsp3) is 0.517. The molecule has 2 aliphatic heterocycles. The number of pyridine rings is 1. The normalized spacial score (nSPS) is 20.5. The summed E-state index contributed by atoms with van der Waals surface area (Å²) >= 11 is 0. The summed E-state index contributed by atoms with van der Waals surface area (Å²) in [5.41, 5.74) is 3.74. The summed E-state index contributed by atoms with van der Waals surface area (Å²) in [6, 6.07) is 9.95. The number of hydrogen-bond donors (Lipinski definition) is 1. The molecule has 2 aliphatic rings. The number of aryl methyl sites for hydroxylation is 4. The Labute approximate surface area is 218 Å². The average molecular weight is 504 g/mol. The lowest BCUT2D eigenvalue weighted by Crippen LogP contribution is -2.52. The van der Waals surface area contributed by atoms with E-state index >= 15 is 0 Å². The monoisotopic (exact) mass is 503 g/mol. The van der Waals surface area contributed by atoms with E-state index in [0.717, 1.165) is 53.9 Å². The quantitative estimate of drug-likeness (QED) is 0.540. The molecule has 0 unspecified atom stereocenters. The van der Waals surface area contributed by atoms with Crippen LogP contribution in [0.1, 0.15) is 66.3 Å². The minimum atomic E-state index is -0.461. The molecule has 8 heteroatoms. The molecule has 0 aliphatic carbocycles. The Hall–Kier alpha value is -3.42. The number of rotatable bonds is 1. The maximum Gasteiger partial charge on any atom is 0.254 e. The average Bonchev–Trinajstić information content (AvgIpc) is 3.17. The highest BCUT2D eigenvalue weighted by Gasteiger charge is 2.42. The largest absolute Gasteiger partial charge is 0.491 e. The summed E-state index contributed by atoms with van der Waals surface area (Å²) in [5.74, 6) is 0.998. The molecule has 0 bridgehead atoms. The number of fused-ring (bicyclic) bond motifs is 2. The van der Waals surface area contributed by atoms with Gasteiger partial charge in [0.05, 0.1) is 28.1 Å². The van der Waals surface area contributed by atoms with Gasteiger partial charge in [0.15, 0.2) is 5.65 Å². The molecule has 8 nitrogen and oxygen atoms in total. The second kappa shape index (κ2) is 10.1. The molecular formula is C29H37N5O3. The summed E-state index contributed by atoms with van der Waals surface area (Å²) in [7, 11) is 1.85. The maximum atomic E-state index is 13.7. The van der Waals surface area contributed by atoms with Crippen LogP contribution in [0, 0.1) is 19.3 Å². The minimum Gasteiger partial charge on any atom is -0.491 e. The van der Waals surface area contributed by atoms with Crippen molar-refractivity contribution in [3.05, 3.63) is 52.8 Å². The van der Waals surface area contributed by atoms with Gasteiger partial charge >= 0.3 is 0 Å². The number of hydrogen-bond acceptors (Lipinski definition) is 5. The number of ether oxygens (including phenoxy) is 1. The van der Waals surface area contributed by atoms with Gasteiger partial charge in [-0.15, -0.1) is 0 Å². The molecule has 1 spiro atoms. The highest BCUT2D eigenvalue weighted by Crippen LogP contribution is 2.38. The number of nitrogens with zero attached hydrogens (tertiary/aromatic N) is 4. The first kappa shape index (κ1) is 25.2. The van der Waals surface area contributed by atoms with Crippen molar-refractivity contribution in [2.75, 3.05) is 19.7 Å². The van der Waals surface area contributed by atoms with Crippen molar-refractivity contribution < 1.29 is 14.3 Å². The van der Waals surface area contributed by atoms with Crippen molar-refractivity contribution >= 4 is 22.8 Å². The van der Waals surface area contributed by atoms with Crippen LogP contribution in [0.2, 0.25) is 0 Å². The van der Waals surface area contributed by atoms with Crippen LogP contribution in [-0.2, 0) is 18.3 Å². The zero-order valence-electron chi connectivity index (χ0n) is 22.3. The van der Waals surface area contributed by atoms with Crippen LogP contribution in [-0.4, -0.2) is 57.2 Å². The topological polar surface area (TPSA) is 89.4 Å². The summed E-state index contributed by atoms with van der Waals surface area (Å²) in [6.45, 7) is 7.36. The fourth-order valence-corrected chi connectivity index (χ4v) is 5.90. The van der Waals surface area contributed by atoms with E-state index < -0.39 is 5.41 Å². The Morgan fingerprint density at radius 2 is 1.89 bits per heavy atom. The lowest BCUT2D eigenvalue weighted by molar-refractivity contribution is -0.135.